The maximum absolute atomic E-state index is 5.53. The number of nitrogen functional groups attached to an aromatic ring is 1. The Morgan fingerprint density at radius 2 is 2.06 bits per heavy atom. The minimum atomic E-state index is 0.113. The number of nitrogens with one attached hydrogen (secondary N) is 1. The zero-order chi connectivity index (χ0) is 13.0. The zero-order valence-corrected chi connectivity index (χ0v) is 10.2. The Labute approximate surface area is 104 Å². The van der Waals surface area contributed by atoms with Crippen LogP contribution in [0.1, 0.15) is 11.4 Å². The second kappa shape index (κ2) is 5.26. The minimum Gasteiger partial charge on any atom is -0.467 e. The Hall–Kier alpha value is -2.44. The third-order valence-corrected chi connectivity index (χ3v) is 2.19. The second-order valence-electron chi connectivity index (χ2n) is 3.63. The summed E-state index contributed by atoms with van der Waals surface area (Å²) in [5, 5.41) is 3.02. The normalized spacial score (nSPS) is 10.1. The summed E-state index contributed by atoms with van der Waals surface area (Å²) in [5.41, 5.74) is 7.39. The Balaban J connectivity index is 2.08. The molecule has 2 heterocycles. The highest BCUT2D eigenvalue weighted by atomic mass is 16.5. The second-order valence-corrected chi connectivity index (χ2v) is 3.63. The number of nitrogens with two attached hydrogens (primary N) is 1. The summed E-state index contributed by atoms with van der Waals surface area (Å²) in [4.78, 5) is 16.1. The van der Waals surface area contributed by atoms with E-state index in [1.807, 2.05) is 25.1 Å². The van der Waals surface area contributed by atoms with Crippen LogP contribution in [-0.4, -0.2) is 27.0 Å². The van der Waals surface area contributed by atoms with Gasteiger partial charge in [-0.15, -0.1) is 0 Å². The molecule has 0 bridgehead atoms. The monoisotopic (exact) mass is 246 g/mol. The largest absolute Gasteiger partial charge is 0.467 e. The summed E-state index contributed by atoms with van der Waals surface area (Å²) in [6.07, 6.45) is 0. The topological polar surface area (TPSA) is 98.8 Å². The van der Waals surface area contributed by atoms with Crippen molar-refractivity contribution < 1.29 is 4.74 Å². The molecule has 0 aromatic carbocycles. The van der Waals surface area contributed by atoms with E-state index in [4.69, 9.17) is 10.5 Å². The fraction of sp³-hybridized carbons (Fsp3) is 0.273. The molecule has 2 rings (SSSR count). The highest BCUT2D eigenvalue weighted by Crippen LogP contribution is 2.09. The molecule has 7 heteroatoms. The summed E-state index contributed by atoms with van der Waals surface area (Å²) >= 11 is 0. The first-order valence-electron chi connectivity index (χ1n) is 5.39. The van der Waals surface area contributed by atoms with Gasteiger partial charge in [0.25, 0.3) is 0 Å². The molecule has 7 nitrogen and oxygen atoms in total. The average Bonchev–Trinajstić information content (AvgIpc) is 2.36. The van der Waals surface area contributed by atoms with Crippen LogP contribution in [0.3, 0.4) is 0 Å². The number of hydrogen-bond donors (Lipinski definition) is 2. The average molecular weight is 246 g/mol. The van der Waals surface area contributed by atoms with Crippen molar-refractivity contribution in [3.63, 3.8) is 0 Å². The van der Waals surface area contributed by atoms with E-state index >= 15 is 0 Å². The Bertz CT molecular complexity index is 545. The molecule has 2 aromatic heterocycles. The van der Waals surface area contributed by atoms with Crippen LogP contribution in [0.2, 0.25) is 0 Å². The molecule has 0 aliphatic rings. The van der Waals surface area contributed by atoms with Crippen molar-refractivity contribution in [1.29, 1.82) is 0 Å². The maximum atomic E-state index is 5.53. The molecule has 0 fully saturated rings. The van der Waals surface area contributed by atoms with Crippen LogP contribution in [-0.2, 0) is 6.54 Å². The summed E-state index contributed by atoms with van der Waals surface area (Å²) in [7, 11) is 1.47. The van der Waals surface area contributed by atoms with Gasteiger partial charge in [-0.3, -0.25) is 4.98 Å². The van der Waals surface area contributed by atoms with Gasteiger partial charge in [-0.05, 0) is 19.1 Å². The van der Waals surface area contributed by atoms with Gasteiger partial charge in [-0.25, -0.2) is 0 Å². The Kier molecular flexibility index (Phi) is 3.52. The van der Waals surface area contributed by atoms with Crippen molar-refractivity contribution in [3.05, 3.63) is 29.6 Å². The predicted octanol–water partition coefficient (Wildman–Crippen LogP) is 0.778. The number of anilines is 2. The number of aromatic nitrogens is 4. The van der Waals surface area contributed by atoms with Gasteiger partial charge in [0, 0.05) is 5.69 Å². The van der Waals surface area contributed by atoms with Crippen LogP contribution in [0.25, 0.3) is 0 Å². The van der Waals surface area contributed by atoms with Crippen molar-refractivity contribution in [2.45, 2.75) is 13.5 Å². The molecule has 0 atom stereocenters. The third-order valence-electron chi connectivity index (χ3n) is 2.19. The standard InChI is InChI=1S/C11H14N6O/c1-7-4-3-5-8(14-7)6-13-10-15-9(12)16-11(17-10)18-2/h3-5H,6H2,1-2H3,(H3,12,13,15,16,17). The van der Waals surface area contributed by atoms with Crippen LogP contribution >= 0.6 is 0 Å². The molecule has 3 N–H and O–H groups in total. The number of hydrogen-bond acceptors (Lipinski definition) is 7. The van der Waals surface area contributed by atoms with E-state index < -0.39 is 0 Å². The van der Waals surface area contributed by atoms with E-state index in [0.717, 1.165) is 11.4 Å². The SMILES string of the molecule is COc1nc(N)nc(NCc2cccc(C)n2)n1. The fourth-order valence-corrected chi connectivity index (χ4v) is 1.41. The van der Waals surface area contributed by atoms with Gasteiger partial charge >= 0.3 is 6.01 Å². The quantitative estimate of drug-likeness (QED) is 0.822. The fourth-order valence-electron chi connectivity index (χ4n) is 1.41. The van der Waals surface area contributed by atoms with Crippen molar-refractivity contribution >= 4 is 11.9 Å². The molecule has 0 saturated carbocycles. The van der Waals surface area contributed by atoms with E-state index in [1.54, 1.807) is 0 Å². The van der Waals surface area contributed by atoms with Gasteiger partial charge in [0.2, 0.25) is 11.9 Å². The van der Waals surface area contributed by atoms with Crippen LogP contribution in [0.5, 0.6) is 6.01 Å². The molecular formula is C11H14N6O. The number of rotatable bonds is 4. The maximum Gasteiger partial charge on any atom is 0.322 e. The lowest BCUT2D eigenvalue weighted by molar-refractivity contribution is 0.379. The first-order chi connectivity index (χ1) is 8.67. The van der Waals surface area contributed by atoms with Gasteiger partial charge in [0.05, 0.1) is 19.3 Å². The van der Waals surface area contributed by atoms with Gasteiger partial charge in [0.1, 0.15) is 0 Å². The number of methoxy groups -OCH3 is 1. The van der Waals surface area contributed by atoms with Crippen LogP contribution in [0.4, 0.5) is 11.9 Å². The van der Waals surface area contributed by atoms with E-state index in [2.05, 4.69) is 25.3 Å². The van der Waals surface area contributed by atoms with Gasteiger partial charge < -0.3 is 15.8 Å². The van der Waals surface area contributed by atoms with Crippen LogP contribution < -0.4 is 15.8 Å². The number of aryl methyl sites for hydroxylation is 1. The number of pyridine rings is 1. The first-order valence-corrected chi connectivity index (χ1v) is 5.39. The molecule has 0 amide bonds. The van der Waals surface area contributed by atoms with Crippen molar-refractivity contribution in [2.75, 3.05) is 18.2 Å². The summed E-state index contributed by atoms with van der Waals surface area (Å²) in [6, 6.07) is 5.99. The number of ether oxygens (including phenoxy) is 1. The Morgan fingerprint density at radius 3 is 2.78 bits per heavy atom. The lowest BCUT2D eigenvalue weighted by atomic mass is 10.3. The van der Waals surface area contributed by atoms with Crippen molar-refractivity contribution in [2.24, 2.45) is 0 Å². The lowest BCUT2D eigenvalue weighted by Gasteiger charge is -2.06. The van der Waals surface area contributed by atoms with Crippen LogP contribution in [0, 0.1) is 6.92 Å². The van der Waals surface area contributed by atoms with E-state index in [-0.39, 0.29) is 12.0 Å². The minimum absolute atomic E-state index is 0.113. The van der Waals surface area contributed by atoms with Gasteiger partial charge in [0.15, 0.2) is 0 Å². The van der Waals surface area contributed by atoms with Crippen molar-refractivity contribution in [3.8, 4) is 6.01 Å². The molecule has 0 spiro atoms. The zero-order valence-electron chi connectivity index (χ0n) is 10.2. The van der Waals surface area contributed by atoms with E-state index in [1.165, 1.54) is 7.11 Å². The third kappa shape index (κ3) is 3.03. The summed E-state index contributed by atoms with van der Waals surface area (Å²) < 4.78 is 4.91. The molecule has 0 aliphatic heterocycles. The van der Waals surface area contributed by atoms with E-state index in [9.17, 15) is 0 Å². The lowest BCUT2D eigenvalue weighted by Crippen LogP contribution is -2.09. The van der Waals surface area contributed by atoms with E-state index in [0.29, 0.717) is 12.5 Å². The molecular weight excluding hydrogens is 232 g/mol. The number of nitrogens with zero attached hydrogens (tertiary/aromatic N) is 4. The van der Waals surface area contributed by atoms with Crippen molar-refractivity contribution in [1.82, 2.24) is 19.9 Å². The van der Waals surface area contributed by atoms with Crippen LogP contribution in [0.15, 0.2) is 18.2 Å². The van der Waals surface area contributed by atoms with Gasteiger partial charge in [-0.2, -0.15) is 15.0 Å². The summed E-state index contributed by atoms with van der Waals surface area (Å²) in [5.74, 6) is 0.476. The molecule has 94 valence electrons. The highest BCUT2D eigenvalue weighted by Gasteiger charge is 2.04. The smallest absolute Gasteiger partial charge is 0.322 e. The molecule has 0 unspecified atom stereocenters. The first kappa shape index (κ1) is 12.0. The van der Waals surface area contributed by atoms with Gasteiger partial charge in [-0.1, -0.05) is 6.07 Å². The highest BCUT2D eigenvalue weighted by molar-refractivity contribution is 5.33. The molecule has 0 radical (unpaired) electrons. The molecule has 2 aromatic rings. The summed E-state index contributed by atoms with van der Waals surface area (Å²) in [6.45, 7) is 2.45. The Morgan fingerprint density at radius 1 is 1.22 bits per heavy atom. The molecule has 0 saturated heterocycles. The molecule has 0 aliphatic carbocycles. The molecule has 18 heavy (non-hydrogen) atoms. The predicted molar refractivity (Wildman–Crippen MR) is 67.1 cm³/mol.